The smallest absolute Gasteiger partial charge is 0.0949 e. The van der Waals surface area contributed by atoms with Crippen LogP contribution in [-0.4, -0.2) is 10.1 Å². The van der Waals surface area contributed by atoms with Crippen molar-refractivity contribution in [1.29, 1.82) is 0 Å². The summed E-state index contributed by atoms with van der Waals surface area (Å²) >= 11 is 0. The van der Waals surface area contributed by atoms with Crippen LogP contribution in [0, 0.1) is 0 Å². The van der Waals surface area contributed by atoms with Gasteiger partial charge >= 0.3 is 0 Å². The fourth-order valence-electron chi connectivity index (χ4n) is 1.95. The molecule has 0 saturated carbocycles. The fourth-order valence-corrected chi connectivity index (χ4v) is 1.95. The number of pyridine rings is 1. The third-order valence-corrected chi connectivity index (χ3v) is 3.33. The second kappa shape index (κ2) is 4.68. The van der Waals surface area contributed by atoms with Gasteiger partial charge in [-0.2, -0.15) is 0 Å². The van der Waals surface area contributed by atoms with E-state index in [-0.39, 0.29) is 5.92 Å². The summed E-state index contributed by atoms with van der Waals surface area (Å²) < 4.78 is 0. The molecule has 2 heteroatoms. The first-order valence-corrected chi connectivity index (χ1v) is 5.81. The molecular weight excluding hydrogens is 210 g/mol. The molecule has 2 atom stereocenters. The number of benzene rings is 1. The second-order valence-corrected chi connectivity index (χ2v) is 4.49. The Kier molecular flexibility index (Phi) is 3.25. The first-order valence-electron chi connectivity index (χ1n) is 5.81. The SMILES string of the molecule is C[C@@H](c1ccccn1)[C@@](C)(O)c1ccccc1. The first kappa shape index (κ1) is 11.8. The van der Waals surface area contributed by atoms with Gasteiger partial charge in [0, 0.05) is 17.8 Å². The van der Waals surface area contributed by atoms with E-state index in [2.05, 4.69) is 4.98 Å². The summed E-state index contributed by atoms with van der Waals surface area (Å²) in [6.07, 6.45) is 1.76. The molecule has 0 bridgehead atoms. The number of nitrogens with zero attached hydrogens (tertiary/aromatic N) is 1. The predicted octanol–water partition coefficient (Wildman–Crippen LogP) is 3.09. The number of hydrogen-bond donors (Lipinski definition) is 1. The molecule has 2 nitrogen and oxygen atoms in total. The molecule has 0 aliphatic carbocycles. The van der Waals surface area contributed by atoms with Crippen molar-refractivity contribution in [3.8, 4) is 0 Å². The van der Waals surface area contributed by atoms with E-state index < -0.39 is 5.60 Å². The maximum absolute atomic E-state index is 10.7. The molecule has 0 aliphatic heterocycles. The average molecular weight is 227 g/mol. The number of rotatable bonds is 3. The van der Waals surface area contributed by atoms with Crippen LogP contribution in [0.3, 0.4) is 0 Å². The van der Waals surface area contributed by atoms with E-state index in [0.717, 1.165) is 11.3 Å². The number of aliphatic hydroxyl groups is 1. The molecule has 0 spiro atoms. The zero-order chi connectivity index (χ0) is 12.3. The van der Waals surface area contributed by atoms with E-state index in [1.165, 1.54) is 0 Å². The Morgan fingerprint density at radius 3 is 2.29 bits per heavy atom. The standard InChI is InChI=1S/C15H17NO/c1-12(14-10-6-7-11-16-14)15(2,17)13-8-4-3-5-9-13/h3-12,17H,1-2H3/t12-,15+/m0/s1. The highest BCUT2D eigenvalue weighted by Crippen LogP contribution is 2.35. The molecule has 2 rings (SSSR count). The van der Waals surface area contributed by atoms with Crippen LogP contribution in [0.15, 0.2) is 54.7 Å². The van der Waals surface area contributed by atoms with Crippen molar-refractivity contribution in [2.24, 2.45) is 0 Å². The highest BCUT2D eigenvalue weighted by atomic mass is 16.3. The summed E-state index contributed by atoms with van der Waals surface area (Å²) in [4.78, 5) is 4.31. The van der Waals surface area contributed by atoms with Crippen molar-refractivity contribution >= 4 is 0 Å². The van der Waals surface area contributed by atoms with Gasteiger partial charge in [-0.25, -0.2) is 0 Å². The molecule has 17 heavy (non-hydrogen) atoms. The molecule has 1 N–H and O–H groups in total. The van der Waals surface area contributed by atoms with Gasteiger partial charge in [-0.05, 0) is 24.6 Å². The highest BCUT2D eigenvalue weighted by Gasteiger charge is 2.31. The van der Waals surface area contributed by atoms with Crippen LogP contribution in [0.4, 0.5) is 0 Å². The maximum atomic E-state index is 10.7. The maximum Gasteiger partial charge on any atom is 0.0949 e. The minimum absolute atomic E-state index is 0.0499. The van der Waals surface area contributed by atoms with E-state index in [9.17, 15) is 5.11 Å². The quantitative estimate of drug-likeness (QED) is 0.874. The molecular formula is C15H17NO. The van der Waals surface area contributed by atoms with E-state index >= 15 is 0 Å². The van der Waals surface area contributed by atoms with Gasteiger partial charge in [0.2, 0.25) is 0 Å². The van der Waals surface area contributed by atoms with Gasteiger partial charge in [0.1, 0.15) is 0 Å². The lowest BCUT2D eigenvalue weighted by atomic mass is 9.82. The zero-order valence-corrected chi connectivity index (χ0v) is 10.2. The highest BCUT2D eigenvalue weighted by molar-refractivity contribution is 5.26. The van der Waals surface area contributed by atoms with E-state index in [1.807, 2.05) is 62.4 Å². The Labute approximate surface area is 102 Å². The van der Waals surface area contributed by atoms with Gasteiger partial charge < -0.3 is 5.11 Å². The van der Waals surface area contributed by atoms with Crippen molar-refractivity contribution in [2.45, 2.75) is 25.4 Å². The second-order valence-electron chi connectivity index (χ2n) is 4.49. The van der Waals surface area contributed by atoms with Gasteiger partial charge in [-0.1, -0.05) is 43.3 Å². The molecule has 2 aromatic rings. The van der Waals surface area contributed by atoms with Gasteiger partial charge in [-0.3, -0.25) is 4.98 Å². The van der Waals surface area contributed by atoms with Crippen LogP contribution in [-0.2, 0) is 5.60 Å². The number of aromatic nitrogens is 1. The van der Waals surface area contributed by atoms with Crippen LogP contribution in [0.1, 0.15) is 31.0 Å². The molecule has 0 radical (unpaired) electrons. The summed E-state index contributed by atoms with van der Waals surface area (Å²) in [5.41, 5.74) is 0.912. The van der Waals surface area contributed by atoms with Crippen LogP contribution >= 0.6 is 0 Å². The Morgan fingerprint density at radius 1 is 1.06 bits per heavy atom. The van der Waals surface area contributed by atoms with Crippen molar-refractivity contribution in [1.82, 2.24) is 4.98 Å². The van der Waals surface area contributed by atoms with Crippen LogP contribution < -0.4 is 0 Å². The topological polar surface area (TPSA) is 33.1 Å². The lowest BCUT2D eigenvalue weighted by Crippen LogP contribution is -2.28. The third-order valence-electron chi connectivity index (χ3n) is 3.33. The molecule has 0 unspecified atom stereocenters. The average Bonchev–Trinajstić information content (AvgIpc) is 2.40. The monoisotopic (exact) mass is 227 g/mol. The van der Waals surface area contributed by atoms with Crippen molar-refractivity contribution < 1.29 is 5.11 Å². The largest absolute Gasteiger partial charge is 0.385 e. The van der Waals surface area contributed by atoms with Crippen molar-refractivity contribution in [3.63, 3.8) is 0 Å². The van der Waals surface area contributed by atoms with E-state index in [4.69, 9.17) is 0 Å². The van der Waals surface area contributed by atoms with Gasteiger partial charge in [0.25, 0.3) is 0 Å². The molecule has 0 amide bonds. The molecule has 0 fully saturated rings. The molecule has 1 aromatic heterocycles. The predicted molar refractivity (Wildman–Crippen MR) is 68.7 cm³/mol. The fraction of sp³-hybridized carbons (Fsp3) is 0.267. The van der Waals surface area contributed by atoms with Gasteiger partial charge in [-0.15, -0.1) is 0 Å². The first-order chi connectivity index (χ1) is 8.12. The Morgan fingerprint density at radius 2 is 1.71 bits per heavy atom. The third kappa shape index (κ3) is 2.37. The lowest BCUT2D eigenvalue weighted by Gasteiger charge is -2.30. The van der Waals surface area contributed by atoms with Gasteiger partial charge in [0.15, 0.2) is 0 Å². The van der Waals surface area contributed by atoms with E-state index in [0.29, 0.717) is 0 Å². The minimum Gasteiger partial charge on any atom is -0.385 e. The summed E-state index contributed by atoms with van der Waals surface area (Å²) in [6.45, 7) is 3.83. The van der Waals surface area contributed by atoms with Crippen molar-refractivity contribution in [2.75, 3.05) is 0 Å². The summed E-state index contributed by atoms with van der Waals surface area (Å²) in [7, 11) is 0. The summed E-state index contributed by atoms with van der Waals surface area (Å²) in [6, 6.07) is 15.5. The molecule has 1 heterocycles. The minimum atomic E-state index is -0.907. The number of hydrogen-bond acceptors (Lipinski definition) is 2. The van der Waals surface area contributed by atoms with Crippen LogP contribution in [0.2, 0.25) is 0 Å². The zero-order valence-electron chi connectivity index (χ0n) is 10.2. The Bertz CT molecular complexity index is 465. The van der Waals surface area contributed by atoms with E-state index in [1.54, 1.807) is 6.20 Å². The Balaban J connectivity index is 2.33. The molecule has 88 valence electrons. The lowest BCUT2D eigenvalue weighted by molar-refractivity contribution is 0.0311. The molecule has 1 aromatic carbocycles. The molecule has 0 saturated heterocycles. The summed E-state index contributed by atoms with van der Waals surface area (Å²) in [5.74, 6) is -0.0499. The van der Waals surface area contributed by atoms with Crippen LogP contribution in [0.25, 0.3) is 0 Å². The van der Waals surface area contributed by atoms with Gasteiger partial charge in [0.05, 0.1) is 5.60 Å². The van der Waals surface area contributed by atoms with Crippen molar-refractivity contribution in [3.05, 3.63) is 66.0 Å². The Hall–Kier alpha value is -1.67. The van der Waals surface area contributed by atoms with Crippen LogP contribution in [0.5, 0.6) is 0 Å². The normalized spacial score (nSPS) is 16.2. The summed E-state index contributed by atoms with van der Waals surface area (Å²) in [5, 5.41) is 10.7. The molecule has 0 aliphatic rings.